The highest BCUT2D eigenvalue weighted by Crippen LogP contribution is 2.25. The lowest BCUT2D eigenvalue weighted by Gasteiger charge is -2.39. The molecule has 0 saturated carbocycles. The first-order chi connectivity index (χ1) is 7.75. The summed E-state index contributed by atoms with van der Waals surface area (Å²) in [6, 6.07) is -0.726. The number of hydrogen-bond acceptors (Lipinski definition) is 5. The van der Waals surface area contributed by atoms with Gasteiger partial charge in [0.1, 0.15) is 11.4 Å². The molecule has 0 amide bonds. The largest absolute Gasteiger partial charge is 0.480 e. The predicted molar refractivity (Wildman–Crippen MR) is 68.9 cm³/mol. The Morgan fingerprint density at radius 1 is 1.47 bits per heavy atom. The van der Waals surface area contributed by atoms with Crippen molar-refractivity contribution in [2.24, 2.45) is 5.92 Å². The van der Waals surface area contributed by atoms with Gasteiger partial charge < -0.3 is 5.11 Å². The van der Waals surface area contributed by atoms with Crippen LogP contribution in [-0.4, -0.2) is 60.1 Å². The Kier molecular flexibility index (Phi) is 4.86. The molecule has 1 N–H and O–H groups in total. The summed E-state index contributed by atoms with van der Waals surface area (Å²) < 4.78 is 23.4. The monoisotopic (exact) mass is 281 g/mol. The van der Waals surface area contributed by atoms with Crippen LogP contribution in [0.15, 0.2) is 0 Å². The fourth-order valence-corrected chi connectivity index (χ4v) is 5.00. The first-order valence-electron chi connectivity index (χ1n) is 5.50. The molecule has 1 saturated heterocycles. The van der Waals surface area contributed by atoms with Crippen molar-refractivity contribution in [1.29, 1.82) is 0 Å². The molecule has 1 rings (SSSR count). The van der Waals surface area contributed by atoms with Crippen molar-refractivity contribution in [3.05, 3.63) is 0 Å². The van der Waals surface area contributed by atoms with Gasteiger partial charge in [0.2, 0.25) is 0 Å². The summed E-state index contributed by atoms with van der Waals surface area (Å²) >= 11 is 1.56. The number of rotatable bonds is 4. The molecule has 0 aromatic heterocycles. The van der Waals surface area contributed by atoms with Crippen LogP contribution in [0.1, 0.15) is 13.8 Å². The Balaban J connectivity index is 3.02. The zero-order valence-corrected chi connectivity index (χ0v) is 11.9. The van der Waals surface area contributed by atoms with E-state index < -0.39 is 27.2 Å². The van der Waals surface area contributed by atoms with Gasteiger partial charge in [-0.25, -0.2) is 8.42 Å². The van der Waals surface area contributed by atoms with Crippen molar-refractivity contribution in [1.82, 2.24) is 4.90 Å². The van der Waals surface area contributed by atoms with Gasteiger partial charge in [-0.2, -0.15) is 11.8 Å². The van der Waals surface area contributed by atoms with Crippen LogP contribution < -0.4 is 0 Å². The van der Waals surface area contributed by atoms with Gasteiger partial charge in [-0.3, -0.25) is 9.69 Å². The van der Waals surface area contributed by atoms with Gasteiger partial charge in [0.05, 0.1) is 0 Å². The average molecular weight is 281 g/mol. The lowest BCUT2D eigenvalue weighted by Crippen LogP contribution is -2.56. The number of carboxylic acid groups (broad SMARTS) is 1. The Labute approximate surface area is 106 Å². The molecule has 0 aliphatic carbocycles. The molecule has 0 aromatic rings. The van der Waals surface area contributed by atoms with Gasteiger partial charge >= 0.3 is 5.97 Å². The number of nitrogens with zero attached hydrogens (tertiary/aromatic N) is 1. The van der Waals surface area contributed by atoms with Crippen LogP contribution in [0.5, 0.6) is 0 Å². The third kappa shape index (κ3) is 3.59. The maximum atomic E-state index is 11.7. The molecular weight excluding hydrogens is 262 g/mol. The Bertz CT molecular complexity index is 380. The lowest BCUT2D eigenvalue weighted by molar-refractivity contribution is -0.145. The molecule has 5 nitrogen and oxygen atoms in total. The average Bonchev–Trinajstić information content (AvgIpc) is 2.15. The van der Waals surface area contributed by atoms with Crippen LogP contribution in [0.2, 0.25) is 0 Å². The van der Waals surface area contributed by atoms with Crippen molar-refractivity contribution in [2.45, 2.75) is 25.3 Å². The molecule has 1 aliphatic heterocycles. The summed E-state index contributed by atoms with van der Waals surface area (Å²) in [5, 5.41) is 8.56. The second-order valence-corrected chi connectivity index (χ2v) is 7.98. The number of hydrogen-bond donors (Lipinski definition) is 1. The van der Waals surface area contributed by atoms with Crippen LogP contribution in [0.4, 0.5) is 0 Å². The van der Waals surface area contributed by atoms with Gasteiger partial charge in [0, 0.05) is 24.3 Å². The van der Waals surface area contributed by atoms with Crippen molar-refractivity contribution < 1.29 is 18.3 Å². The van der Waals surface area contributed by atoms with Gasteiger partial charge in [-0.1, -0.05) is 13.8 Å². The molecule has 1 fully saturated rings. The highest BCUT2D eigenvalue weighted by molar-refractivity contribution is 8.00. The molecule has 0 spiro atoms. The second-order valence-electron chi connectivity index (χ2n) is 4.62. The van der Waals surface area contributed by atoms with E-state index in [4.69, 9.17) is 0 Å². The van der Waals surface area contributed by atoms with E-state index in [2.05, 4.69) is 0 Å². The van der Waals surface area contributed by atoms with E-state index >= 15 is 0 Å². The predicted octanol–water partition coefficient (Wildman–Crippen LogP) is 0.515. The summed E-state index contributed by atoms with van der Waals surface area (Å²) in [5.74, 6) is 0.179. The first kappa shape index (κ1) is 14.8. The molecule has 0 aromatic carbocycles. The highest BCUT2D eigenvalue weighted by atomic mass is 32.2. The smallest absolute Gasteiger partial charge is 0.321 e. The summed E-state index contributed by atoms with van der Waals surface area (Å²) in [5.41, 5.74) is 0. The minimum atomic E-state index is -3.25. The van der Waals surface area contributed by atoms with Crippen molar-refractivity contribution in [2.75, 3.05) is 24.3 Å². The zero-order chi connectivity index (χ0) is 13.2. The van der Waals surface area contributed by atoms with Crippen molar-refractivity contribution in [3.63, 3.8) is 0 Å². The van der Waals surface area contributed by atoms with E-state index in [9.17, 15) is 18.3 Å². The van der Waals surface area contributed by atoms with Crippen molar-refractivity contribution in [3.8, 4) is 0 Å². The lowest BCUT2D eigenvalue weighted by atomic mass is 10.0. The first-order valence-corrected chi connectivity index (χ1v) is 8.61. The highest BCUT2D eigenvalue weighted by Gasteiger charge is 2.39. The Hall–Kier alpha value is -0.270. The minimum Gasteiger partial charge on any atom is -0.480 e. The molecule has 17 heavy (non-hydrogen) atoms. The van der Waals surface area contributed by atoms with E-state index in [1.165, 1.54) is 6.26 Å². The number of thioether (sulfide) groups is 1. The quantitative estimate of drug-likeness (QED) is 0.809. The summed E-state index contributed by atoms with van der Waals surface area (Å²) in [7, 11) is -3.25. The molecule has 0 bridgehead atoms. The standard InChI is InChI=1S/C10H19NO4S2/c1-7(2)9(10(12)13)11-4-5-16-6-8(11)17(3,14)15/h7-9H,4-6H2,1-3H3,(H,12,13). The van der Waals surface area contributed by atoms with Gasteiger partial charge in [-0.15, -0.1) is 0 Å². The van der Waals surface area contributed by atoms with E-state index in [-0.39, 0.29) is 5.92 Å². The molecule has 1 aliphatic rings. The maximum Gasteiger partial charge on any atom is 0.321 e. The molecule has 2 atom stereocenters. The fraction of sp³-hybridized carbons (Fsp3) is 0.900. The number of sulfone groups is 1. The Morgan fingerprint density at radius 3 is 2.47 bits per heavy atom. The minimum absolute atomic E-state index is 0.111. The van der Waals surface area contributed by atoms with E-state index in [1.807, 2.05) is 0 Å². The number of carbonyl (C=O) groups is 1. The van der Waals surface area contributed by atoms with Crippen molar-refractivity contribution >= 4 is 27.6 Å². The van der Waals surface area contributed by atoms with Crippen LogP contribution in [0.25, 0.3) is 0 Å². The summed E-state index contributed by atoms with van der Waals surface area (Å²) in [4.78, 5) is 12.9. The SMILES string of the molecule is CC(C)C(C(=O)O)N1CCSCC1S(C)(=O)=O. The fourth-order valence-electron chi connectivity index (χ4n) is 2.09. The van der Waals surface area contributed by atoms with Gasteiger partial charge in [0.15, 0.2) is 9.84 Å². The summed E-state index contributed by atoms with van der Waals surface area (Å²) in [6.07, 6.45) is 1.18. The van der Waals surface area contributed by atoms with Gasteiger partial charge in [-0.05, 0) is 5.92 Å². The van der Waals surface area contributed by atoms with Crippen LogP contribution >= 0.6 is 11.8 Å². The molecule has 2 unspecified atom stereocenters. The third-order valence-corrected chi connectivity index (χ3v) is 5.52. The van der Waals surface area contributed by atoms with E-state index in [0.717, 1.165) is 5.75 Å². The Morgan fingerprint density at radius 2 is 2.06 bits per heavy atom. The maximum absolute atomic E-state index is 11.7. The van der Waals surface area contributed by atoms with Crippen LogP contribution in [0, 0.1) is 5.92 Å². The van der Waals surface area contributed by atoms with E-state index in [1.54, 1.807) is 30.5 Å². The number of carboxylic acids is 1. The third-order valence-electron chi connectivity index (χ3n) is 2.86. The summed E-state index contributed by atoms with van der Waals surface area (Å²) in [6.45, 7) is 4.12. The molecule has 1 heterocycles. The second kappa shape index (κ2) is 5.58. The molecule has 100 valence electrons. The van der Waals surface area contributed by atoms with Crippen LogP contribution in [-0.2, 0) is 14.6 Å². The van der Waals surface area contributed by atoms with Gasteiger partial charge in [0.25, 0.3) is 0 Å². The van der Waals surface area contributed by atoms with Crippen LogP contribution in [0.3, 0.4) is 0 Å². The normalized spacial score (nSPS) is 24.8. The molecular formula is C10H19NO4S2. The molecule has 0 radical (unpaired) electrons. The molecule has 7 heteroatoms. The zero-order valence-electron chi connectivity index (χ0n) is 10.3. The number of aliphatic carboxylic acids is 1. The van der Waals surface area contributed by atoms with E-state index in [0.29, 0.717) is 12.3 Å². The topological polar surface area (TPSA) is 74.7 Å².